The number of nitrogens with zero attached hydrogens (tertiary/aromatic N) is 4. The van der Waals surface area contributed by atoms with Crippen LogP contribution in [0, 0.1) is 0 Å². The number of benzene rings is 2. The summed E-state index contributed by atoms with van der Waals surface area (Å²) in [7, 11) is 0. The highest BCUT2D eigenvalue weighted by Crippen LogP contribution is 2.26. The van der Waals surface area contributed by atoms with Crippen molar-refractivity contribution in [2.75, 3.05) is 25.0 Å². The zero-order valence-corrected chi connectivity index (χ0v) is 17.2. The number of ether oxygens (including phenoxy) is 1. The highest BCUT2D eigenvalue weighted by atomic mass is 16.5. The Kier molecular flexibility index (Phi) is 6.11. The van der Waals surface area contributed by atoms with E-state index in [0.717, 1.165) is 5.56 Å². The van der Waals surface area contributed by atoms with Crippen LogP contribution in [0.5, 0.6) is 5.75 Å². The minimum Gasteiger partial charge on any atom is -0.492 e. The number of anilines is 1. The Morgan fingerprint density at radius 2 is 1.84 bits per heavy atom. The maximum absolute atomic E-state index is 12.5. The Morgan fingerprint density at radius 3 is 2.61 bits per heavy atom. The molecular formula is C22H24N6O3. The summed E-state index contributed by atoms with van der Waals surface area (Å²) in [4.78, 5) is 26.5. The predicted octanol–water partition coefficient (Wildman–Crippen LogP) is 2.70. The van der Waals surface area contributed by atoms with Gasteiger partial charge in [-0.05, 0) is 24.6 Å². The third kappa shape index (κ3) is 4.82. The summed E-state index contributed by atoms with van der Waals surface area (Å²) < 4.78 is 7.17. The Labute approximate surface area is 180 Å². The number of likely N-dealkylation sites (tertiary alicyclic amines) is 1. The minimum absolute atomic E-state index is 0.0175. The average molecular weight is 420 g/mol. The van der Waals surface area contributed by atoms with Gasteiger partial charge >= 0.3 is 6.03 Å². The van der Waals surface area contributed by atoms with Crippen LogP contribution in [-0.2, 0) is 6.54 Å². The van der Waals surface area contributed by atoms with Gasteiger partial charge in [-0.1, -0.05) is 47.7 Å². The molecule has 31 heavy (non-hydrogen) atoms. The number of para-hydroxylation sites is 2. The van der Waals surface area contributed by atoms with Crippen molar-refractivity contribution in [3.05, 3.63) is 72.1 Å². The van der Waals surface area contributed by atoms with Gasteiger partial charge in [0, 0.05) is 19.6 Å². The highest BCUT2D eigenvalue weighted by molar-refractivity contribution is 5.92. The quantitative estimate of drug-likeness (QED) is 0.612. The third-order valence-corrected chi connectivity index (χ3v) is 4.99. The van der Waals surface area contributed by atoms with Crippen molar-refractivity contribution in [2.45, 2.75) is 19.5 Å². The first-order valence-corrected chi connectivity index (χ1v) is 10.2. The summed E-state index contributed by atoms with van der Waals surface area (Å²) in [5.74, 6) is 0.356. The molecular weight excluding hydrogens is 396 g/mol. The van der Waals surface area contributed by atoms with Crippen molar-refractivity contribution in [3.8, 4) is 5.75 Å². The molecule has 9 heteroatoms. The lowest BCUT2D eigenvalue weighted by Gasteiger charge is -2.38. The highest BCUT2D eigenvalue weighted by Gasteiger charge is 2.33. The van der Waals surface area contributed by atoms with Crippen LogP contribution >= 0.6 is 0 Å². The number of carbonyl (C=O) groups excluding carboxylic acids is 2. The first kappa shape index (κ1) is 20.4. The van der Waals surface area contributed by atoms with Crippen molar-refractivity contribution in [1.29, 1.82) is 0 Å². The maximum atomic E-state index is 12.5. The van der Waals surface area contributed by atoms with Gasteiger partial charge in [0.15, 0.2) is 5.69 Å². The molecule has 9 nitrogen and oxygen atoms in total. The molecule has 1 aromatic heterocycles. The summed E-state index contributed by atoms with van der Waals surface area (Å²) in [6.07, 6.45) is 1.62. The second-order valence-corrected chi connectivity index (χ2v) is 7.17. The molecule has 0 saturated carbocycles. The monoisotopic (exact) mass is 420 g/mol. The Balaban J connectivity index is 1.28. The van der Waals surface area contributed by atoms with E-state index >= 15 is 0 Å². The summed E-state index contributed by atoms with van der Waals surface area (Å²) in [5.41, 5.74) is 1.90. The molecule has 1 fully saturated rings. The van der Waals surface area contributed by atoms with E-state index in [4.69, 9.17) is 4.74 Å². The molecule has 0 spiro atoms. The number of carbonyl (C=O) groups is 2. The molecule has 3 amide bonds. The number of nitrogens with one attached hydrogen (secondary N) is 2. The molecule has 160 valence electrons. The van der Waals surface area contributed by atoms with Crippen molar-refractivity contribution >= 4 is 17.6 Å². The van der Waals surface area contributed by atoms with E-state index in [1.54, 1.807) is 21.8 Å². The van der Waals surface area contributed by atoms with E-state index in [2.05, 4.69) is 20.9 Å². The molecule has 2 heterocycles. The zero-order chi connectivity index (χ0) is 21.6. The number of hydrogen-bond acceptors (Lipinski definition) is 5. The standard InChI is InChI=1S/C22H24N6O3/c1-2-31-20-11-7-6-10-18(20)24-22(30)27-13-17(14-27)28-15-19(25-26-28)21(29)23-12-16-8-4-3-5-9-16/h3-11,15,17H,2,12-14H2,1H3,(H,23,29)(H,24,30). The van der Waals surface area contributed by atoms with E-state index in [1.165, 1.54) is 0 Å². The molecule has 2 N–H and O–H groups in total. The molecule has 2 aromatic carbocycles. The van der Waals surface area contributed by atoms with Crippen LogP contribution in [0.1, 0.15) is 29.0 Å². The SMILES string of the molecule is CCOc1ccccc1NC(=O)N1CC(n2cc(C(=O)NCc3ccccc3)nn2)C1. The van der Waals surface area contributed by atoms with Crippen LogP contribution < -0.4 is 15.4 Å². The summed E-state index contributed by atoms with van der Waals surface area (Å²) in [5, 5.41) is 13.7. The lowest BCUT2D eigenvalue weighted by molar-refractivity contribution is 0.0945. The van der Waals surface area contributed by atoms with Crippen molar-refractivity contribution in [1.82, 2.24) is 25.2 Å². The first-order chi connectivity index (χ1) is 15.1. The molecule has 0 radical (unpaired) electrons. The number of aromatic nitrogens is 3. The number of hydrogen-bond donors (Lipinski definition) is 2. The van der Waals surface area contributed by atoms with E-state index in [0.29, 0.717) is 37.7 Å². The Hall–Kier alpha value is -3.88. The molecule has 0 aliphatic carbocycles. The van der Waals surface area contributed by atoms with Crippen LogP contribution in [0.25, 0.3) is 0 Å². The zero-order valence-electron chi connectivity index (χ0n) is 17.2. The molecule has 0 unspecified atom stereocenters. The van der Waals surface area contributed by atoms with E-state index < -0.39 is 0 Å². The predicted molar refractivity (Wildman–Crippen MR) is 115 cm³/mol. The molecule has 1 aliphatic rings. The van der Waals surface area contributed by atoms with E-state index in [9.17, 15) is 9.59 Å². The minimum atomic E-state index is -0.281. The second-order valence-electron chi connectivity index (χ2n) is 7.17. The van der Waals surface area contributed by atoms with Gasteiger partial charge in [0.1, 0.15) is 5.75 Å². The normalized spacial score (nSPS) is 13.4. The fourth-order valence-corrected chi connectivity index (χ4v) is 3.26. The Morgan fingerprint density at radius 1 is 1.10 bits per heavy atom. The Bertz CT molecular complexity index is 1050. The van der Waals surface area contributed by atoms with Gasteiger partial charge in [-0.25, -0.2) is 9.48 Å². The lowest BCUT2D eigenvalue weighted by Crippen LogP contribution is -2.52. The summed E-state index contributed by atoms with van der Waals surface area (Å²) >= 11 is 0. The molecule has 1 aliphatic heterocycles. The summed E-state index contributed by atoms with van der Waals surface area (Å²) in [6, 6.07) is 16.8. The van der Waals surface area contributed by atoms with Gasteiger partial charge in [0.05, 0.1) is 24.5 Å². The molecule has 1 saturated heterocycles. The van der Waals surface area contributed by atoms with Crippen molar-refractivity contribution < 1.29 is 14.3 Å². The van der Waals surface area contributed by atoms with Gasteiger partial charge < -0.3 is 20.3 Å². The van der Waals surface area contributed by atoms with Gasteiger partial charge in [-0.2, -0.15) is 0 Å². The largest absolute Gasteiger partial charge is 0.492 e. The van der Waals surface area contributed by atoms with Crippen LogP contribution in [0.4, 0.5) is 10.5 Å². The smallest absolute Gasteiger partial charge is 0.322 e. The topological polar surface area (TPSA) is 101 Å². The molecule has 0 atom stereocenters. The van der Waals surface area contributed by atoms with Gasteiger partial charge in [-0.15, -0.1) is 5.10 Å². The summed E-state index contributed by atoms with van der Waals surface area (Å²) in [6.45, 7) is 3.81. The van der Waals surface area contributed by atoms with Crippen molar-refractivity contribution in [3.63, 3.8) is 0 Å². The number of amides is 3. The third-order valence-electron chi connectivity index (χ3n) is 4.99. The van der Waals surface area contributed by atoms with Crippen LogP contribution in [0.3, 0.4) is 0 Å². The second kappa shape index (κ2) is 9.29. The molecule has 3 aromatic rings. The fourth-order valence-electron chi connectivity index (χ4n) is 3.26. The maximum Gasteiger partial charge on any atom is 0.322 e. The lowest BCUT2D eigenvalue weighted by atomic mass is 10.1. The average Bonchev–Trinajstić information content (AvgIpc) is 3.23. The van der Waals surface area contributed by atoms with E-state index in [1.807, 2.05) is 55.5 Å². The van der Waals surface area contributed by atoms with Gasteiger partial charge in [0.2, 0.25) is 0 Å². The fraction of sp³-hybridized carbons (Fsp3) is 0.273. The first-order valence-electron chi connectivity index (χ1n) is 10.2. The number of urea groups is 1. The van der Waals surface area contributed by atoms with Gasteiger partial charge in [-0.3, -0.25) is 4.79 Å². The molecule has 0 bridgehead atoms. The van der Waals surface area contributed by atoms with Crippen LogP contribution in [0.15, 0.2) is 60.8 Å². The number of rotatable bonds is 7. The van der Waals surface area contributed by atoms with Crippen LogP contribution in [0.2, 0.25) is 0 Å². The van der Waals surface area contributed by atoms with Crippen molar-refractivity contribution in [2.24, 2.45) is 0 Å². The van der Waals surface area contributed by atoms with Gasteiger partial charge in [0.25, 0.3) is 5.91 Å². The molecule has 4 rings (SSSR count). The van der Waals surface area contributed by atoms with Crippen LogP contribution in [-0.4, -0.2) is 51.5 Å². The van der Waals surface area contributed by atoms with E-state index in [-0.39, 0.29) is 23.7 Å².